The second-order valence-electron chi connectivity index (χ2n) is 4.61. The van der Waals surface area contributed by atoms with Crippen LogP contribution in [0.5, 0.6) is 0 Å². The van der Waals surface area contributed by atoms with Crippen LogP contribution in [0.4, 0.5) is 4.39 Å². The number of nitrogens with one attached hydrogen (secondary N) is 1. The maximum absolute atomic E-state index is 13.4. The molecule has 1 heterocycles. The highest BCUT2D eigenvalue weighted by molar-refractivity contribution is 9.10. The molecule has 0 bridgehead atoms. The molecule has 1 aliphatic rings. The molecule has 1 fully saturated rings. The van der Waals surface area contributed by atoms with Gasteiger partial charge in [0, 0.05) is 0 Å². The summed E-state index contributed by atoms with van der Waals surface area (Å²) in [6.45, 7) is 4.06. The Balaban J connectivity index is 2.09. The lowest BCUT2D eigenvalue weighted by molar-refractivity contribution is 0.372. The minimum Gasteiger partial charge on any atom is -0.317 e. The van der Waals surface area contributed by atoms with E-state index in [0.717, 1.165) is 31.0 Å². The third kappa shape index (κ3) is 2.83. The van der Waals surface area contributed by atoms with Gasteiger partial charge in [0.1, 0.15) is 5.82 Å². The van der Waals surface area contributed by atoms with Crippen molar-refractivity contribution in [1.82, 2.24) is 5.32 Å². The van der Waals surface area contributed by atoms with Crippen molar-refractivity contribution >= 4 is 15.9 Å². The Morgan fingerprint density at radius 2 is 2.06 bits per heavy atom. The summed E-state index contributed by atoms with van der Waals surface area (Å²) in [5.74, 6) is 0.618. The molecule has 0 saturated carbocycles. The van der Waals surface area contributed by atoms with Gasteiger partial charge < -0.3 is 5.32 Å². The van der Waals surface area contributed by atoms with E-state index < -0.39 is 0 Å². The van der Waals surface area contributed by atoms with Gasteiger partial charge in [-0.2, -0.15) is 0 Å². The second-order valence-corrected chi connectivity index (χ2v) is 5.46. The first-order valence-electron chi connectivity index (χ1n) is 5.82. The van der Waals surface area contributed by atoms with Gasteiger partial charge in [0.05, 0.1) is 4.47 Å². The molecule has 0 unspecified atom stereocenters. The standard InChI is InChI=1S/C13H17BrFN/c1-9-6-11(8-12(14)13(9)15)7-10-2-4-16-5-3-10/h6,8,10,16H,2-5,7H2,1H3. The van der Waals surface area contributed by atoms with E-state index in [9.17, 15) is 4.39 Å². The van der Waals surface area contributed by atoms with E-state index in [4.69, 9.17) is 0 Å². The maximum Gasteiger partial charge on any atom is 0.140 e. The third-order valence-corrected chi connectivity index (χ3v) is 3.83. The molecule has 0 aromatic heterocycles. The first-order valence-corrected chi connectivity index (χ1v) is 6.61. The van der Waals surface area contributed by atoms with Gasteiger partial charge in [-0.1, -0.05) is 6.07 Å². The van der Waals surface area contributed by atoms with Crippen LogP contribution in [-0.4, -0.2) is 13.1 Å². The fourth-order valence-electron chi connectivity index (χ4n) is 2.33. The fraction of sp³-hybridized carbons (Fsp3) is 0.538. The van der Waals surface area contributed by atoms with Gasteiger partial charge in [-0.05, 0) is 78.3 Å². The summed E-state index contributed by atoms with van der Waals surface area (Å²) in [6, 6.07) is 3.90. The maximum atomic E-state index is 13.4. The molecule has 0 amide bonds. The van der Waals surface area contributed by atoms with E-state index in [2.05, 4.69) is 21.2 Å². The van der Waals surface area contributed by atoms with Crippen molar-refractivity contribution in [1.29, 1.82) is 0 Å². The van der Waals surface area contributed by atoms with Gasteiger partial charge in [-0.3, -0.25) is 0 Å². The van der Waals surface area contributed by atoms with Crippen molar-refractivity contribution in [3.05, 3.63) is 33.5 Å². The molecule has 0 spiro atoms. The Bertz CT molecular complexity index is 349. The summed E-state index contributed by atoms with van der Waals surface area (Å²) in [5.41, 5.74) is 1.98. The molecular weight excluding hydrogens is 269 g/mol. The van der Waals surface area contributed by atoms with E-state index in [1.165, 1.54) is 18.4 Å². The van der Waals surface area contributed by atoms with Crippen molar-refractivity contribution in [2.45, 2.75) is 26.2 Å². The van der Waals surface area contributed by atoms with Crippen molar-refractivity contribution < 1.29 is 4.39 Å². The third-order valence-electron chi connectivity index (χ3n) is 3.25. The van der Waals surface area contributed by atoms with Crippen LogP contribution in [0.3, 0.4) is 0 Å². The first-order chi connectivity index (χ1) is 7.66. The van der Waals surface area contributed by atoms with Crippen LogP contribution < -0.4 is 5.32 Å². The Morgan fingerprint density at radius 1 is 1.38 bits per heavy atom. The number of hydrogen-bond donors (Lipinski definition) is 1. The number of benzene rings is 1. The zero-order valence-corrected chi connectivity index (χ0v) is 11.1. The average molecular weight is 286 g/mol. The van der Waals surface area contributed by atoms with Crippen molar-refractivity contribution in [3.8, 4) is 0 Å². The molecule has 1 N–H and O–H groups in total. The molecule has 3 heteroatoms. The van der Waals surface area contributed by atoms with Gasteiger partial charge >= 0.3 is 0 Å². The summed E-state index contributed by atoms with van der Waals surface area (Å²) in [4.78, 5) is 0. The van der Waals surface area contributed by atoms with E-state index in [-0.39, 0.29) is 5.82 Å². The van der Waals surface area contributed by atoms with Gasteiger partial charge in [0.15, 0.2) is 0 Å². The Morgan fingerprint density at radius 3 is 2.69 bits per heavy atom. The highest BCUT2D eigenvalue weighted by Crippen LogP contribution is 2.24. The van der Waals surface area contributed by atoms with Crippen LogP contribution in [0.1, 0.15) is 24.0 Å². The molecule has 2 rings (SSSR count). The van der Waals surface area contributed by atoms with E-state index >= 15 is 0 Å². The zero-order chi connectivity index (χ0) is 11.5. The van der Waals surface area contributed by atoms with Crippen LogP contribution >= 0.6 is 15.9 Å². The number of halogens is 2. The van der Waals surface area contributed by atoms with Gasteiger partial charge in [-0.15, -0.1) is 0 Å². The molecule has 0 aliphatic carbocycles. The van der Waals surface area contributed by atoms with Crippen LogP contribution in [0.15, 0.2) is 16.6 Å². The van der Waals surface area contributed by atoms with Crippen molar-refractivity contribution in [3.63, 3.8) is 0 Å². The smallest absolute Gasteiger partial charge is 0.140 e. The Labute approximate surface area is 105 Å². The molecule has 1 nitrogen and oxygen atoms in total. The van der Waals surface area contributed by atoms with Crippen molar-refractivity contribution in [2.24, 2.45) is 5.92 Å². The summed E-state index contributed by atoms with van der Waals surface area (Å²) in [7, 11) is 0. The molecule has 16 heavy (non-hydrogen) atoms. The summed E-state index contributed by atoms with van der Waals surface area (Å²) >= 11 is 3.27. The molecule has 0 atom stereocenters. The summed E-state index contributed by atoms with van der Waals surface area (Å²) in [6.07, 6.45) is 3.53. The molecule has 1 aromatic carbocycles. The highest BCUT2D eigenvalue weighted by Gasteiger charge is 2.14. The number of hydrogen-bond acceptors (Lipinski definition) is 1. The predicted octanol–water partition coefficient (Wildman–Crippen LogP) is 3.44. The Hall–Kier alpha value is -0.410. The zero-order valence-electron chi connectivity index (χ0n) is 9.52. The molecule has 88 valence electrons. The minimum atomic E-state index is -0.130. The Kier molecular flexibility index (Phi) is 3.98. The first kappa shape index (κ1) is 12.1. The largest absolute Gasteiger partial charge is 0.317 e. The predicted molar refractivity (Wildman–Crippen MR) is 68.1 cm³/mol. The van der Waals surface area contributed by atoms with Crippen LogP contribution in [0, 0.1) is 18.7 Å². The topological polar surface area (TPSA) is 12.0 Å². The lowest BCUT2D eigenvalue weighted by atomic mass is 9.90. The number of aryl methyl sites for hydroxylation is 1. The van der Waals surface area contributed by atoms with Crippen LogP contribution in [0.2, 0.25) is 0 Å². The number of rotatable bonds is 2. The monoisotopic (exact) mass is 285 g/mol. The van der Waals surface area contributed by atoms with Gasteiger partial charge in [0.25, 0.3) is 0 Å². The lowest BCUT2D eigenvalue weighted by Crippen LogP contribution is -2.28. The highest BCUT2D eigenvalue weighted by atomic mass is 79.9. The molecule has 1 aliphatic heterocycles. The molecule has 1 aromatic rings. The van der Waals surface area contributed by atoms with Crippen LogP contribution in [0.25, 0.3) is 0 Å². The van der Waals surface area contributed by atoms with Gasteiger partial charge in [0.2, 0.25) is 0 Å². The summed E-state index contributed by atoms with van der Waals surface area (Å²) in [5, 5.41) is 3.36. The average Bonchev–Trinajstić information content (AvgIpc) is 2.27. The normalized spacial score (nSPS) is 17.7. The molecular formula is C13H17BrFN. The quantitative estimate of drug-likeness (QED) is 0.878. The summed E-state index contributed by atoms with van der Waals surface area (Å²) < 4.78 is 14.0. The van der Waals surface area contributed by atoms with E-state index in [1.807, 2.05) is 19.1 Å². The van der Waals surface area contributed by atoms with Crippen LogP contribution in [-0.2, 0) is 6.42 Å². The SMILES string of the molecule is Cc1cc(CC2CCNCC2)cc(Br)c1F. The van der Waals surface area contributed by atoms with E-state index in [1.54, 1.807) is 0 Å². The molecule has 1 saturated heterocycles. The fourth-order valence-corrected chi connectivity index (χ4v) is 2.94. The van der Waals surface area contributed by atoms with Gasteiger partial charge in [-0.25, -0.2) is 4.39 Å². The van der Waals surface area contributed by atoms with Crippen molar-refractivity contribution in [2.75, 3.05) is 13.1 Å². The van der Waals surface area contributed by atoms with E-state index in [0.29, 0.717) is 4.47 Å². The minimum absolute atomic E-state index is 0.130. The molecule has 0 radical (unpaired) electrons. The second kappa shape index (κ2) is 5.28. The lowest BCUT2D eigenvalue weighted by Gasteiger charge is -2.22. The number of piperidine rings is 1.